The summed E-state index contributed by atoms with van der Waals surface area (Å²) in [7, 11) is 0. The maximum Gasteiger partial charge on any atom is 0.314 e. The van der Waals surface area contributed by atoms with E-state index in [9.17, 15) is 9.90 Å². The zero-order chi connectivity index (χ0) is 15.4. The molecule has 1 aliphatic carbocycles. The summed E-state index contributed by atoms with van der Waals surface area (Å²) in [6, 6.07) is 6.01. The first-order valence-electron chi connectivity index (χ1n) is 8.13. The van der Waals surface area contributed by atoms with Gasteiger partial charge in [-0.1, -0.05) is 25.0 Å². The number of hydrogen-bond acceptors (Lipinski definition) is 3. The lowest BCUT2D eigenvalue weighted by molar-refractivity contribution is 0.0501. The Labute approximate surface area is 131 Å². The Morgan fingerprint density at radius 3 is 2.91 bits per heavy atom. The molecule has 1 heterocycles. The Hall–Kier alpha value is -1.75. The molecule has 5 nitrogen and oxygen atoms in total. The molecule has 1 aliphatic heterocycles. The molecule has 0 radical (unpaired) electrons. The van der Waals surface area contributed by atoms with Crippen molar-refractivity contribution in [2.45, 2.75) is 44.1 Å². The third-order valence-corrected chi connectivity index (χ3v) is 4.57. The number of fused-ring (bicyclic) bond motifs is 1. The van der Waals surface area contributed by atoms with E-state index in [4.69, 9.17) is 4.74 Å². The summed E-state index contributed by atoms with van der Waals surface area (Å²) in [5.41, 5.74) is 1.77. The molecule has 0 aromatic heterocycles. The third-order valence-electron chi connectivity index (χ3n) is 4.57. The maximum atomic E-state index is 11.8. The van der Waals surface area contributed by atoms with Crippen molar-refractivity contribution in [1.29, 1.82) is 0 Å². The third kappa shape index (κ3) is 3.71. The molecule has 0 bridgehead atoms. The van der Waals surface area contributed by atoms with Gasteiger partial charge in [0.25, 0.3) is 0 Å². The second-order valence-electron chi connectivity index (χ2n) is 6.33. The standard InChI is InChI=1S/C17H24N2O3/c20-16(19-12-17(21)7-1-2-8-17)18-9-5-13-3-4-15-14(11-13)6-10-22-15/h3-4,11,21H,1-2,5-10,12H2,(H2,18,19,20). The van der Waals surface area contributed by atoms with Gasteiger partial charge in [0.1, 0.15) is 5.75 Å². The van der Waals surface area contributed by atoms with Gasteiger partial charge in [-0.15, -0.1) is 0 Å². The van der Waals surface area contributed by atoms with Crippen LogP contribution in [0.1, 0.15) is 36.8 Å². The van der Waals surface area contributed by atoms with Crippen LogP contribution in [0.25, 0.3) is 0 Å². The van der Waals surface area contributed by atoms with E-state index in [-0.39, 0.29) is 6.03 Å². The Morgan fingerprint density at radius 1 is 1.27 bits per heavy atom. The Balaban J connectivity index is 1.38. The van der Waals surface area contributed by atoms with Crippen LogP contribution in [0.4, 0.5) is 4.79 Å². The van der Waals surface area contributed by atoms with Crippen LogP contribution in [0.15, 0.2) is 18.2 Å². The van der Waals surface area contributed by atoms with Crippen molar-refractivity contribution in [3.8, 4) is 5.75 Å². The van der Waals surface area contributed by atoms with Crippen molar-refractivity contribution in [2.75, 3.05) is 19.7 Å². The molecule has 1 aromatic rings. The summed E-state index contributed by atoms with van der Waals surface area (Å²) in [5, 5.41) is 15.8. The highest BCUT2D eigenvalue weighted by Gasteiger charge is 2.31. The highest BCUT2D eigenvalue weighted by atomic mass is 16.5. The largest absolute Gasteiger partial charge is 0.493 e. The van der Waals surface area contributed by atoms with E-state index in [0.717, 1.165) is 50.9 Å². The zero-order valence-corrected chi connectivity index (χ0v) is 12.9. The van der Waals surface area contributed by atoms with E-state index < -0.39 is 5.60 Å². The molecule has 0 unspecified atom stereocenters. The summed E-state index contributed by atoms with van der Waals surface area (Å²) in [5.74, 6) is 0.985. The van der Waals surface area contributed by atoms with Gasteiger partial charge in [-0.05, 0) is 36.5 Å². The van der Waals surface area contributed by atoms with Gasteiger partial charge in [-0.25, -0.2) is 4.79 Å². The number of urea groups is 1. The number of aliphatic hydroxyl groups is 1. The molecule has 1 saturated carbocycles. The Kier molecular flexibility index (Phi) is 4.52. The lowest BCUT2D eigenvalue weighted by Gasteiger charge is -2.22. The van der Waals surface area contributed by atoms with Crippen LogP contribution in [-0.2, 0) is 12.8 Å². The average molecular weight is 304 g/mol. The fourth-order valence-electron chi connectivity index (χ4n) is 3.23. The van der Waals surface area contributed by atoms with Gasteiger partial charge in [-0.3, -0.25) is 0 Å². The molecule has 120 valence electrons. The second-order valence-corrected chi connectivity index (χ2v) is 6.33. The molecule has 0 spiro atoms. The number of hydrogen-bond donors (Lipinski definition) is 3. The summed E-state index contributed by atoms with van der Waals surface area (Å²) in [4.78, 5) is 11.8. The van der Waals surface area contributed by atoms with Crippen LogP contribution in [-0.4, -0.2) is 36.4 Å². The minimum atomic E-state index is -0.697. The molecule has 0 saturated heterocycles. The normalized spacial score (nSPS) is 18.6. The molecular formula is C17H24N2O3. The maximum absolute atomic E-state index is 11.8. The van der Waals surface area contributed by atoms with Crippen molar-refractivity contribution in [1.82, 2.24) is 10.6 Å². The number of nitrogens with one attached hydrogen (secondary N) is 2. The molecule has 3 N–H and O–H groups in total. The van der Waals surface area contributed by atoms with Crippen LogP contribution in [0, 0.1) is 0 Å². The Morgan fingerprint density at radius 2 is 2.09 bits per heavy atom. The van der Waals surface area contributed by atoms with Gasteiger partial charge < -0.3 is 20.5 Å². The molecule has 5 heteroatoms. The van der Waals surface area contributed by atoms with E-state index >= 15 is 0 Å². The van der Waals surface area contributed by atoms with Crippen molar-refractivity contribution in [3.63, 3.8) is 0 Å². The van der Waals surface area contributed by atoms with Crippen LogP contribution in [0.5, 0.6) is 5.75 Å². The van der Waals surface area contributed by atoms with Crippen LogP contribution in [0.2, 0.25) is 0 Å². The summed E-state index contributed by atoms with van der Waals surface area (Å²) < 4.78 is 5.48. The molecule has 2 aliphatic rings. The fraction of sp³-hybridized carbons (Fsp3) is 0.588. The number of benzene rings is 1. The fourth-order valence-corrected chi connectivity index (χ4v) is 3.23. The first kappa shape index (κ1) is 15.2. The molecule has 1 fully saturated rings. The van der Waals surface area contributed by atoms with Crippen LogP contribution >= 0.6 is 0 Å². The van der Waals surface area contributed by atoms with E-state index in [1.807, 2.05) is 12.1 Å². The van der Waals surface area contributed by atoms with Gasteiger partial charge in [0, 0.05) is 19.5 Å². The predicted molar refractivity (Wildman–Crippen MR) is 84.2 cm³/mol. The lowest BCUT2D eigenvalue weighted by atomic mass is 10.0. The SMILES string of the molecule is O=C(NCCc1ccc2c(c1)CCO2)NCC1(O)CCCC1. The lowest BCUT2D eigenvalue weighted by Crippen LogP contribution is -2.45. The molecule has 0 atom stereocenters. The molecule has 3 rings (SSSR count). The summed E-state index contributed by atoms with van der Waals surface area (Å²) in [6.07, 6.45) is 5.42. The van der Waals surface area contributed by atoms with E-state index in [1.54, 1.807) is 0 Å². The number of amides is 2. The van der Waals surface area contributed by atoms with E-state index in [1.165, 1.54) is 11.1 Å². The van der Waals surface area contributed by atoms with E-state index in [2.05, 4.69) is 16.7 Å². The highest BCUT2D eigenvalue weighted by molar-refractivity contribution is 5.73. The second kappa shape index (κ2) is 6.57. The minimum absolute atomic E-state index is 0.204. The Bertz CT molecular complexity index is 539. The monoisotopic (exact) mass is 304 g/mol. The molecule has 22 heavy (non-hydrogen) atoms. The zero-order valence-electron chi connectivity index (χ0n) is 12.9. The smallest absolute Gasteiger partial charge is 0.314 e. The van der Waals surface area contributed by atoms with Crippen LogP contribution < -0.4 is 15.4 Å². The molecule has 1 aromatic carbocycles. The quantitative estimate of drug-likeness (QED) is 0.776. The first-order valence-corrected chi connectivity index (χ1v) is 8.13. The average Bonchev–Trinajstić information content (AvgIpc) is 3.14. The predicted octanol–water partition coefficient (Wildman–Crippen LogP) is 1.77. The number of carbonyl (C=O) groups is 1. The number of rotatable bonds is 5. The van der Waals surface area contributed by atoms with Gasteiger partial charge in [-0.2, -0.15) is 0 Å². The first-order chi connectivity index (χ1) is 10.6. The van der Waals surface area contributed by atoms with Gasteiger partial charge in [0.05, 0.1) is 12.2 Å². The van der Waals surface area contributed by atoms with Crippen molar-refractivity contribution < 1.29 is 14.6 Å². The summed E-state index contributed by atoms with van der Waals surface area (Å²) >= 11 is 0. The number of carbonyl (C=O) groups excluding carboxylic acids is 1. The highest BCUT2D eigenvalue weighted by Crippen LogP contribution is 2.28. The van der Waals surface area contributed by atoms with Crippen molar-refractivity contribution in [2.24, 2.45) is 0 Å². The van der Waals surface area contributed by atoms with Gasteiger partial charge in [0.2, 0.25) is 0 Å². The van der Waals surface area contributed by atoms with Gasteiger partial charge >= 0.3 is 6.03 Å². The van der Waals surface area contributed by atoms with Gasteiger partial charge in [0.15, 0.2) is 0 Å². The van der Waals surface area contributed by atoms with Crippen LogP contribution in [0.3, 0.4) is 0 Å². The minimum Gasteiger partial charge on any atom is -0.493 e. The summed E-state index contributed by atoms with van der Waals surface area (Å²) in [6.45, 7) is 1.70. The number of ether oxygens (including phenoxy) is 1. The van der Waals surface area contributed by atoms with E-state index in [0.29, 0.717) is 13.1 Å². The van der Waals surface area contributed by atoms with Crippen molar-refractivity contribution >= 4 is 6.03 Å². The van der Waals surface area contributed by atoms with Crippen molar-refractivity contribution in [3.05, 3.63) is 29.3 Å². The molecule has 2 amide bonds. The topological polar surface area (TPSA) is 70.6 Å². The molecular weight excluding hydrogens is 280 g/mol.